The van der Waals surface area contributed by atoms with E-state index in [0.29, 0.717) is 6.61 Å². The number of pyridine rings is 1. The number of rotatable bonds is 9. The highest BCUT2D eigenvalue weighted by Crippen LogP contribution is 2.16. The summed E-state index contributed by atoms with van der Waals surface area (Å²) in [5.74, 6) is 1.69. The predicted molar refractivity (Wildman–Crippen MR) is 123 cm³/mol. The molecule has 0 radical (unpaired) electrons. The number of likely N-dealkylation sites (tertiary alicyclic amines) is 1. The van der Waals surface area contributed by atoms with Crippen molar-refractivity contribution < 1.29 is 4.74 Å². The van der Waals surface area contributed by atoms with Crippen LogP contribution in [-0.4, -0.2) is 48.6 Å². The van der Waals surface area contributed by atoms with Crippen molar-refractivity contribution in [1.82, 2.24) is 20.5 Å². The quantitative estimate of drug-likeness (QED) is 0.376. The summed E-state index contributed by atoms with van der Waals surface area (Å²) in [6, 6.07) is 14.7. The summed E-state index contributed by atoms with van der Waals surface area (Å²) in [5.41, 5.74) is 2.11. The van der Waals surface area contributed by atoms with Crippen LogP contribution in [-0.2, 0) is 13.2 Å². The van der Waals surface area contributed by atoms with Crippen LogP contribution in [0, 0.1) is 0 Å². The van der Waals surface area contributed by atoms with Gasteiger partial charge in [-0.05, 0) is 62.6 Å². The van der Waals surface area contributed by atoms with Gasteiger partial charge in [-0.1, -0.05) is 24.6 Å². The first-order valence-electron chi connectivity index (χ1n) is 11.0. The van der Waals surface area contributed by atoms with Gasteiger partial charge in [0.05, 0.1) is 5.69 Å². The zero-order chi connectivity index (χ0) is 21.0. The lowest BCUT2D eigenvalue weighted by Gasteiger charge is -2.33. The van der Waals surface area contributed by atoms with Gasteiger partial charge in [0.15, 0.2) is 5.96 Å². The molecule has 162 valence electrons. The lowest BCUT2D eigenvalue weighted by molar-refractivity contribution is 0.159. The second kappa shape index (κ2) is 12.2. The van der Waals surface area contributed by atoms with Crippen molar-refractivity contribution in [2.24, 2.45) is 4.99 Å². The second-order valence-electron chi connectivity index (χ2n) is 7.84. The molecule has 1 atom stereocenters. The molecule has 1 aromatic heterocycles. The molecule has 2 heterocycles. The van der Waals surface area contributed by atoms with Gasteiger partial charge in [-0.25, -0.2) is 0 Å². The van der Waals surface area contributed by atoms with Crippen LogP contribution in [0.4, 0.5) is 0 Å². The molecule has 1 aliphatic rings. The maximum atomic E-state index is 5.79. The van der Waals surface area contributed by atoms with Crippen LogP contribution >= 0.6 is 0 Å². The minimum atomic E-state index is 0.477. The van der Waals surface area contributed by atoms with E-state index in [1.807, 2.05) is 37.4 Å². The molecule has 0 spiro atoms. The number of nitrogens with zero attached hydrogens (tertiary/aromatic N) is 3. The molecule has 6 heteroatoms. The van der Waals surface area contributed by atoms with E-state index < -0.39 is 0 Å². The summed E-state index contributed by atoms with van der Waals surface area (Å²) >= 11 is 0. The number of aromatic nitrogens is 1. The first-order valence-corrected chi connectivity index (χ1v) is 11.0. The van der Waals surface area contributed by atoms with Crippen LogP contribution in [0.2, 0.25) is 0 Å². The average molecular weight is 410 g/mol. The average Bonchev–Trinajstić information content (AvgIpc) is 2.80. The molecule has 0 saturated carbocycles. The Hall–Kier alpha value is -2.60. The highest BCUT2D eigenvalue weighted by molar-refractivity contribution is 5.79. The molecule has 1 unspecified atom stereocenters. The molecule has 0 amide bonds. The SMILES string of the molecule is CN=C(NCCCN1CCCCC1C)NCc1ccc(OCc2ccccn2)cc1. The van der Waals surface area contributed by atoms with Gasteiger partial charge >= 0.3 is 0 Å². The van der Waals surface area contributed by atoms with Crippen molar-refractivity contribution >= 4 is 5.96 Å². The van der Waals surface area contributed by atoms with E-state index in [1.54, 1.807) is 6.20 Å². The van der Waals surface area contributed by atoms with E-state index in [0.717, 1.165) is 49.5 Å². The first-order chi connectivity index (χ1) is 14.7. The summed E-state index contributed by atoms with van der Waals surface area (Å²) in [6.45, 7) is 6.89. The summed E-state index contributed by atoms with van der Waals surface area (Å²) in [5, 5.41) is 6.81. The van der Waals surface area contributed by atoms with Gasteiger partial charge < -0.3 is 20.3 Å². The van der Waals surface area contributed by atoms with E-state index >= 15 is 0 Å². The smallest absolute Gasteiger partial charge is 0.191 e. The first kappa shape index (κ1) is 22.1. The van der Waals surface area contributed by atoms with Crippen LogP contribution < -0.4 is 15.4 Å². The molecular formula is C24H35N5O. The Morgan fingerprint density at radius 1 is 1.17 bits per heavy atom. The van der Waals surface area contributed by atoms with Gasteiger partial charge in [0.2, 0.25) is 0 Å². The Bertz CT molecular complexity index is 763. The number of aliphatic imine (C=N–C) groups is 1. The molecule has 6 nitrogen and oxygen atoms in total. The van der Waals surface area contributed by atoms with Gasteiger partial charge in [-0.2, -0.15) is 0 Å². The number of ether oxygens (including phenoxy) is 1. The molecule has 2 aromatic rings. The Morgan fingerprint density at radius 3 is 2.77 bits per heavy atom. The van der Waals surface area contributed by atoms with E-state index in [1.165, 1.54) is 31.4 Å². The third kappa shape index (κ3) is 7.34. The Labute approximate surface area is 180 Å². The Morgan fingerprint density at radius 2 is 2.03 bits per heavy atom. The van der Waals surface area contributed by atoms with Crippen LogP contribution in [0.5, 0.6) is 5.75 Å². The molecule has 1 aromatic carbocycles. The molecule has 1 aliphatic heterocycles. The van der Waals surface area contributed by atoms with E-state index in [4.69, 9.17) is 4.74 Å². The third-order valence-electron chi connectivity index (χ3n) is 5.57. The third-order valence-corrected chi connectivity index (χ3v) is 5.57. The number of hydrogen-bond acceptors (Lipinski definition) is 4. The maximum absolute atomic E-state index is 5.79. The van der Waals surface area contributed by atoms with E-state index in [-0.39, 0.29) is 0 Å². The number of hydrogen-bond donors (Lipinski definition) is 2. The van der Waals surface area contributed by atoms with Crippen molar-refractivity contribution in [3.8, 4) is 5.75 Å². The fourth-order valence-electron chi connectivity index (χ4n) is 3.73. The zero-order valence-corrected chi connectivity index (χ0v) is 18.3. The minimum Gasteiger partial charge on any atom is -0.487 e. The molecule has 3 rings (SSSR count). The molecule has 30 heavy (non-hydrogen) atoms. The van der Waals surface area contributed by atoms with Crippen molar-refractivity contribution in [2.45, 2.75) is 51.8 Å². The van der Waals surface area contributed by atoms with Crippen molar-refractivity contribution in [2.75, 3.05) is 26.7 Å². The highest BCUT2D eigenvalue weighted by atomic mass is 16.5. The van der Waals surface area contributed by atoms with Crippen molar-refractivity contribution in [1.29, 1.82) is 0 Å². The monoisotopic (exact) mass is 409 g/mol. The van der Waals surface area contributed by atoms with Gasteiger partial charge in [0.1, 0.15) is 12.4 Å². The molecule has 1 saturated heterocycles. The van der Waals surface area contributed by atoms with Gasteiger partial charge in [0.25, 0.3) is 0 Å². The summed E-state index contributed by atoms with van der Waals surface area (Å²) in [7, 11) is 1.82. The highest BCUT2D eigenvalue weighted by Gasteiger charge is 2.17. The largest absolute Gasteiger partial charge is 0.487 e. The van der Waals surface area contributed by atoms with Gasteiger partial charge in [0, 0.05) is 38.9 Å². The fourth-order valence-corrected chi connectivity index (χ4v) is 3.73. The second-order valence-corrected chi connectivity index (χ2v) is 7.84. The topological polar surface area (TPSA) is 61.8 Å². The summed E-state index contributed by atoms with van der Waals surface area (Å²) < 4.78 is 5.79. The van der Waals surface area contributed by atoms with Gasteiger partial charge in [-0.15, -0.1) is 0 Å². The van der Waals surface area contributed by atoms with Crippen LogP contribution in [0.3, 0.4) is 0 Å². The van der Waals surface area contributed by atoms with Crippen molar-refractivity contribution in [3.05, 3.63) is 59.9 Å². The molecule has 2 N–H and O–H groups in total. The van der Waals surface area contributed by atoms with Crippen LogP contribution in [0.1, 0.15) is 43.9 Å². The number of benzene rings is 1. The maximum Gasteiger partial charge on any atom is 0.191 e. The van der Waals surface area contributed by atoms with Crippen LogP contribution in [0.15, 0.2) is 53.7 Å². The van der Waals surface area contributed by atoms with Crippen molar-refractivity contribution in [3.63, 3.8) is 0 Å². The molecule has 1 fully saturated rings. The zero-order valence-electron chi connectivity index (χ0n) is 18.3. The lowest BCUT2D eigenvalue weighted by Crippen LogP contribution is -2.41. The summed E-state index contributed by atoms with van der Waals surface area (Å²) in [6.07, 6.45) is 6.97. The van der Waals surface area contributed by atoms with Crippen LogP contribution in [0.25, 0.3) is 0 Å². The predicted octanol–water partition coefficient (Wildman–Crippen LogP) is 3.59. The summed E-state index contributed by atoms with van der Waals surface area (Å²) in [4.78, 5) is 11.2. The molecule has 0 bridgehead atoms. The Balaban J connectivity index is 1.34. The molecular weight excluding hydrogens is 374 g/mol. The minimum absolute atomic E-state index is 0.477. The standard InChI is InChI=1S/C24H35N5O/c1-20-8-4-6-16-29(20)17-7-15-27-24(25-2)28-18-21-10-12-23(13-11-21)30-19-22-9-3-5-14-26-22/h3,5,9-14,20H,4,6-8,15-19H2,1-2H3,(H2,25,27,28). The fraction of sp³-hybridized carbons (Fsp3) is 0.500. The normalized spacial score (nSPS) is 17.5. The number of piperidine rings is 1. The van der Waals surface area contributed by atoms with E-state index in [9.17, 15) is 0 Å². The molecule has 0 aliphatic carbocycles. The van der Waals surface area contributed by atoms with E-state index in [2.05, 4.69) is 44.6 Å². The Kier molecular flexibility index (Phi) is 8.97. The lowest BCUT2D eigenvalue weighted by atomic mass is 10.0. The number of nitrogens with one attached hydrogen (secondary N) is 2. The van der Waals surface area contributed by atoms with Gasteiger partial charge in [-0.3, -0.25) is 9.98 Å². The number of guanidine groups is 1.